The second-order valence-corrected chi connectivity index (χ2v) is 7.85. The Balaban J connectivity index is 1.38. The molecule has 2 aromatic carbocycles. The molecule has 0 saturated heterocycles. The highest BCUT2D eigenvalue weighted by Crippen LogP contribution is 2.40. The minimum atomic E-state index is -0.0722. The van der Waals surface area contributed by atoms with Gasteiger partial charge in [0.15, 0.2) is 0 Å². The molecular weight excluding hydrogens is 362 g/mol. The van der Waals surface area contributed by atoms with E-state index in [4.69, 9.17) is 16.3 Å². The van der Waals surface area contributed by atoms with Gasteiger partial charge in [0, 0.05) is 23.4 Å². The Morgan fingerprint density at radius 2 is 1.67 bits per heavy atom. The lowest BCUT2D eigenvalue weighted by Crippen LogP contribution is -2.40. The molecule has 1 unspecified atom stereocenters. The van der Waals surface area contributed by atoms with Crippen LogP contribution in [-0.2, 0) is 9.59 Å². The number of para-hydroxylation sites is 1. The van der Waals surface area contributed by atoms with Crippen molar-refractivity contribution in [3.05, 3.63) is 53.6 Å². The SMILES string of the molecule is O=C(Nc1ccc(Oc2ccccc2Cl)cc1)C1C[C@H]2CCC[C@@H](C1)C2=O. The normalized spacial score (nSPS) is 24.3. The molecule has 2 aliphatic carbocycles. The Kier molecular flexibility index (Phi) is 5.17. The Labute approximate surface area is 163 Å². The molecule has 4 nitrogen and oxygen atoms in total. The van der Waals surface area contributed by atoms with E-state index in [9.17, 15) is 9.59 Å². The number of nitrogens with one attached hydrogen (secondary N) is 1. The van der Waals surface area contributed by atoms with E-state index < -0.39 is 0 Å². The number of ether oxygens (including phenoxy) is 1. The van der Waals surface area contributed by atoms with Crippen LogP contribution in [0.25, 0.3) is 0 Å². The van der Waals surface area contributed by atoms with E-state index in [1.165, 1.54) is 0 Å². The summed E-state index contributed by atoms with van der Waals surface area (Å²) in [7, 11) is 0. The molecule has 2 aromatic rings. The maximum atomic E-state index is 12.7. The number of amides is 1. The quantitative estimate of drug-likeness (QED) is 0.761. The fourth-order valence-corrected chi connectivity index (χ4v) is 4.37. The van der Waals surface area contributed by atoms with Gasteiger partial charge in [0.1, 0.15) is 17.3 Å². The zero-order valence-electron chi connectivity index (χ0n) is 15.0. The van der Waals surface area contributed by atoms with Crippen molar-refractivity contribution >= 4 is 29.0 Å². The number of ketones is 1. The average molecular weight is 384 g/mol. The predicted octanol–water partition coefficient (Wildman–Crippen LogP) is 5.47. The number of fused-ring (bicyclic) bond motifs is 2. The molecule has 1 amide bonds. The van der Waals surface area contributed by atoms with Gasteiger partial charge in [-0.15, -0.1) is 0 Å². The van der Waals surface area contributed by atoms with Crippen LogP contribution in [0.1, 0.15) is 32.1 Å². The summed E-state index contributed by atoms with van der Waals surface area (Å²) < 4.78 is 5.77. The predicted molar refractivity (Wildman–Crippen MR) is 105 cm³/mol. The molecule has 0 aliphatic heterocycles. The summed E-state index contributed by atoms with van der Waals surface area (Å²) in [6.07, 6.45) is 4.37. The highest BCUT2D eigenvalue weighted by molar-refractivity contribution is 6.32. The molecule has 0 radical (unpaired) electrons. The molecule has 140 valence electrons. The molecule has 5 heteroatoms. The first-order valence-corrected chi connectivity index (χ1v) is 9.85. The number of carbonyl (C=O) groups is 2. The van der Waals surface area contributed by atoms with Gasteiger partial charge in [-0.3, -0.25) is 9.59 Å². The van der Waals surface area contributed by atoms with Crippen molar-refractivity contribution in [1.82, 2.24) is 0 Å². The van der Waals surface area contributed by atoms with E-state index in [1.807, 2.05) is 24.3 Å². The summed E-state index contributed by atoms with van der Waals surface area (Å²) >= 11 is 6.10. The van der Waals surface area contributed by atoms with Crippen LogP contribution in [0.5, 0.6) is 11.5 Å². The molecule has 1 N–H and O–H groups in total. The zero-order valence-corrected chi connectivity index (χ0v) is 15.7. The monoisotopic (exact) mass is 383 g/mol. The molecular formula is C22H22ClNO3. The van der Waals surface area contributed by atoms with Crippen LogP contribution in [0.15, 0.2) is 48.5 Å². The molecule has 3 atom stereocenters. The minimum Gasteiger partial charge on any atom is -0.456 e. The lowest BCUT2D eigenvalue weighted by Gasteiger charge is -2.36. The molecule has 0 aromatic heterocycles. The van der Waals surface area contributed by atoms with Gasteiger partial charge in [-0.25, -0.2) is 0 Å². The van der Waals surface area contributed by atoms with Crippen molar-refractivity contribution in [3.63, 3.8) is 0 Å². The largest absolute Gasteiger partial charge is 0.456 e. The first-order valence-electron chi connectivity index (χ1n) is 9.47. The standard InChI is InChI=1S/C22H22ClNO3/c23-19-6-1-2-7-20(19)27-18-10-8-17(9-11-18)24-22(26)16-12-14-4-3-5-15(13-16)21(14)25/h1-2,6-11,14-16H,3-5,12-13H2,(H,24,26)/t14-,15+,16?. The Morgan fingerprint density at radius 3 is 2.33 bits per heavy atom. The number of anilines is 1. The van der Waals surface area contributed by atoms with Crippen molar-refractivity contribution in [2.24, 2.45) is 17.8 Å². The highest BCUT2D eigenvalue weighted by atomic mass is 35.5. The molecule has 0 heterocycles. The molecule has 2 aliphatic rings. The number of rotatable bonds is 4. The minimum absolute atomic E-state index is 0.0131. The van der Waals surface area contributed by atoms with Crippen molar-refractivity contribution < 1.29 is 14.3 Å². The summed E-state index contributed by atoms with van der Waals surface area (Å²) in [6.45, 7) is 0. The zero-order chi connectivity index (χ0) is 18.8. The second-order valence-electron chi connectivity index (χ2n) is 7.44. The van der Waals surface area contributed by atoms with E-state index >= 15 is 0 Å². The van der Waals surface area contributed by atoms with Gasteiger partial charge >= 0.3 is 0 Å². The molecule has 2 saturated carbocycles. The first kappa shape index (κ1) is 18.1. The van der Waals surface area contributed by atoms with Gasteiger partial charge < -0.3 is 10.1 Å². The number of hydrogen-bond donors (Lipinski definition) is 1. The van der Waals surface area contributed by atoms with E-state index in [0.717, 1.165) is 24.9 Å². The summed E-state index contributed by atoms with van der Waals surface area (Å²) in [5, 5.41) is 3.53. The van der Waals surface area contributed by atoms with Crippen LogP contribution < -0.4 is 10.1 Å². The lowest BCUT2D eigenvalue weighted by molar-refractivity contribution is -0.136. The average Bonchev–Trinajstić information content (AvgIpc) is 2.65. The Bertz CT molecular complexity index is 833. The topological polar surface area (TPSA) is 55.4 Å². The van der Waals surface area contributed by atoms with Crippen molar-refractivity contribution in [2.45, 2.75) is 32.1 Å². The molecule has 27 heavy (non-hydrogen) atoms. The van der Waals surface area contributed by atoms with Gasteiger partial charge in [0.05, 0.1) is 5.02 Å². The third kappa shape index (κ3) is 4.01. The van der Waals surface area contributed by atoms with Crippen molar-refractivity contribution in [3.8, 4) is 11.5 Å². The van der Waals surface area contributed by atoms with E-state index in [2.05, 4.69) is 5.32 Å². The molecule has 4 rings (SSSR count). The number of hydrogen-bond acceptors (Lipinski definition) is 3. The van der Waals surface area contributed by atoms with Gasteiger partial charge in [0.2, 0.25) is 5.91 Å². The fourth-order valence-electron chi connectivity index (χ4n) is 4.20. The third-order valence-corrected chi connectivity index (χ3v) is 5.92. The molecule has 0 spiro atoms. The summed E-state index contributed by atoms with van der Waals surface area (Å²) in [6, 6.07) is 14.5. The third-order valence-electron chi connectivity index (χ3n) is 5.61. The maximum Gasteiger partial charge on any atom is 0.227 e. The second kappa shape index (κ2) is 7.73. The number of carbonyl (C=O) groups excluding carboxylic acids is 2. The van der Waals surface area contributed by atoms with E-state index in [0.29, 0.717) is 35.1 Å². The Hall–Kier alpha value is -2.33. The van der Waals surface area contributed by atoms with Crippen LogP contribution in [-0.4, -0.2) is 11.7 Å². The van der Waals surface area contributed by atoms with Gasteiger partial charge in [0.25, 0.3) is 0 Å². The first-order chi connectivity index (χ1) is 13.1. The maximum absolute atomic E-state index is 12.7. The van der Waals surface area contributed by atoms with Gasteiger partial charge in [-0.2, -0.15) is 0 Å². The summed E-state index contributed by atoms with van der Waals surface area (Å²) in [4.78, 5) is 24.8. The van der Waals surface area contributed by atoms with Gasteiger partial charge in [-0.1, -0.05) is 30.2 Å². The van der Waals surface area contributed by atoms with Crippen LogP contribution in [0.3, 0.4) is 0 Å². The van der Waals surface area contributed by atoms with Crippen LogP contribution >= 0.6 is 11.6 Å². The van der Waals surface area contributed by atoms with E-state index in [-0.39, 0.29) is 23.7 Å². The lowest BCUT2D eigenvalue weighted by atomic mass is 9.67. The molecule has 2 fully saturated rings. The number of benzene rings is 2. The van der Waals surface area contributed by atoms with Crippen LogP contribution in [0, 0.1) is 17.8 Å². The number of Topliss-reactive ketones (excluding diaryl/α,β-unsaturated/α-hetero) is 1. The summed E-state index contributed by atoms with van der Waals surface area (Å²) in [5.41, 5.74) is 0.730. The van der Waals surface area contributed by atoms with E-state index in [1.54, 1.807) is 24.3 Å². The molecule has 2 bridgehead atoms. The smallest absolute Gasteiger partial charge is 0.227 e. The van der Waals surface area contributed by atoms with Crippen molar-refractivity contribution in [2.75, 3.05) is 5.32 Å². The van der Waals surface area contributed by atoms with Crippen LogP contribution in [0.2, 0.25) is 5.02 Å². The van der Waals surface area contributed by atoms with Crippen molar-refractivity contribution in [1.29, 1.82) is 0 Å². The van der Waals surface area contributed by atoms with Gasteiger partial charge in [-0.05, 0) is 62.1 Å². The highest BCUT2D eigenvalue weighted by Gasteiger charge is 2.41. The Morgan fingerprint density at radius 1 is 1.00 bits per heavy atom. The summed E-state index contributed by atoms with van der Waals surface area (Å²) in [5.74, 6) is 1.73. The van der Waals surface area contributed by atoms with Crippen LogP contribution in [0.4, 0.5) is 5.69 Å². The fraction of sp³-hybridized carbons (Fsp3) is 0.364. The number of halogens is 1.